The molecule has 0 aliphatic rings. The normalized spacial score (nSPS) is 11.9. The molecule has 0 radical (unpaired) electrons. The smallest absolute Gasteiger partial charge is 0.245 e. The number of nitrogens with one attached hydrogen (secondary N) is 2. The van der Waals surface area contributed by atoms with Crippen LogP contribution in [0.3, 0.4) is 0 Å². The molecule has 0 unspecified atom stereocenters. The number of hydrogen-bond donors (Lipinski definition) is 2. The lowest BCUT2D eigenvalue weighted by Crippen LogP contribution is -2.36. The second kappa shape index (κ2) is 7.42. The van der Waals surface area contributed by atoms with Gasteiger partial charge in [0, 0.05) is 31.5 Å². The van der Waals surface area contributed by atoms with Crippen LogP contribution in [0.15, 0.2) is 28.2 Å². The van der Waals surface area contributed by atoms with Crippen molar-refractivity contribution in [2.45, 2.75) is 25.2 Å². The summed E-state index contributed by atoms with van der Waals surface area (Å²) in [6.07, 6.45) is 3.63. The van der Waals surface area contributed by atoms with Crippen molar-refractivity contribution in [1.29, 1.82) is 0 Å². The standard InChI is InChI=1S/C12H21N3O3S/c1-3-8-15(4-2)9-7-14-19(17,18)12-10-13-6-5-11(12)16/h5-6,10,14H,3-4,7-9H2,1-2H3,(H,13,16). The van der Waals surface area contributed by atoms with Crippen molar-refractivity contribution in [1.82, 2.24) is 14.6 Å². The number of H-pyrrole nitrogens is 1. The zero-order valence-corrected chi connectivity index (χ0v) is 12.2. The van der Waals surface area contributed by atoms with Crippen molar-refractivity contribution in [3.63, 3.8) is 0 Å². The van der Waals surface area contributed by atoms with Gasteiger partial charge in [0.1, 0.15) is 4.90 Å². The number of aromatic nitrogens is 1. The Balaban J connectivity index is 2.62. The predicted molar refractivity (Wildman–Crippen MR) is 74.7 cm³/mol. The first-order chi connectivity index (χ1) is 9.01. The summed E-state index contributed by atoms with van der Waals surface area (Å²) in [5.41, 5.74) is -0.507. The maximum Gasteiger partial charge on any atom is 0.245 e. The molecule has 0 amide bonds. The van der Waals surface area contributed by atoms with Gasteiger partial charge in [-0.3, -0.25) is 4.79 Å². The molecule has 0 spiro atoms. The van der Waals surface area contributed by atoms with E-state index in [0.717, 1.165) is 19.5 Å². The number of likely N-dealkylation sites (N-methyl/N-ethyl adjacent to an activating group) is 1. The number of sulfonamides is 1. The lowest BCUT2D eigenvalue weighted by atomic mass is 10.4. The third-order valence-corrected chi connectivity index (χ3v) is 4.27. The van der Waals surface area contributed by atoms with Gasteiger partial charge < -0.3 is 9.88 Å². The molecule has 0 aromatic carbocycles. The molecule has 7 heteroatoms. The number of hydrogen-bond acceptors (Lipinski definition) is 4. The zero-order chi connectivity index (χ0) is 14.3. The van der Waals surface area contributed by atoms with Gasteiger partial charge in [0.15, 0.2) is 0 Å². The van der Waals surface area contributed by atoms with Crippen LogP contribution in [-0.4, -0.2) is 44.5 Å². The third-order valence-electron chi connectivity index (χ3n) is 2.78. The monoisotopic (exact) mass is 287 g/mol. The SMILES string of the molecule is CCCN(CC)CCNS(=O)(=O)c1c[nH]ccc1=O. The van der Waals surface area contributed by atoms with E-state index in [2.05, 4.69) is 21.5 Å². The second-order valence-corrected chi connectivity index (χ2v) is 5.94. The Morgan fingerprint density at radius 3 is 2.63 bits per heavy atom. The van der Waals surface area contributed by atoms with E-state index in [9.17, 15) is 13.2 Å². The average molecular weight is 287 g/mol. The average Bonchev–Trinajstić information content (AvgIpc) is 2.38. The summed E-state index contributed by atoms with van der Waals surface area (Å²) in [7, 11) is -3.73. The number of nitrogens with zero attached hydrogens (tertiary/aromatic N) is 1. The quantitative estimate of drug-likeness (QED) is 0.724. The predicted octanol–water partition coefficient (Wildman–Crippen LogP) is 0.385. The summed E-state index contributed by atoms with van der Waals surface area (Å²) in [6.45, 7) is 6.85. The minimum Gasteiger partial charge on any atom is -0.366 e. The highest BCUT2D eigenvalue weighted by atomic mass is 32.2. The van der Waals surface area contributed by atoms with Crippen molar-refractivity contribution >= 4 is 10.0 Å². The van der Waals surface area contributed by atoms with Gasteiger partial charge >= 0.3 is 0 Å². The molecule has 0 aliphatic heterocycles. The van der Waals surface area contributed by atoms with Crippen LogP contribution in [0.2, 0.25) is 0 Å². The molecule has 0 saturated carbocycles. The van der Waals surface area contributed by atoms with Gasteiger partial charge in [-0.2, -0.15) is 0 Å². The fraction of sp³-hybridized carbons (Fsp3) is 0.583. The molecule has 0 fully saturated rings. The lowest BCUT2D eigenvalue weighted by Gasteiger charge is -2.19. The van der Waals surface area contributed by atoms with E-state index < -0.39 is 15.5 Å². The maximum atomic E-state index is 11.9. The molecule has 1 aromatic rings. The Hall–Kier alpha value is -1.18. The fourth-order valence-electron chi connectivity index (χ4n) is 1.77. The van der Waals surface area contributed by atoms with E-state index in [0.29, 0.717) is 13.1 Å². The summed E-state index contributed by atoms with van der Waals surface area (Å²) < 4.78 is 26.3. The fourth-order valence-corrected chi connectivity index (χ4v) is 2.84. The molecule has 0 saturated heterocycles. The third kappa shape index (κ3) is 4.77. The van der Waals surface area contributed by atoms with Gasteiger partial charge in [0.05, 0.1) is 0 Å². The van der Waals surface area contributed by atoms with E-state index in [4.69, 9.17) is 0 Å². The van der Waals surface area contributed by atoms with E-state index in [1.54, 1.807) is 0 Å². The molecule has 108 valence electrons. The van der Waals surface area contributed by atoms with Crippen LogP contribution in [0.5, 0.6) is 0 Å². The number of aromatic amines is 1. The van der Waals surface area contributed by atoms with Gasteiger partial charge in [-0.05, 0) is 19.5 Å². The van der Waals surface area contributed by atoms with Crippen molar-refractivity contribution in [3.05, 3.63) is 28.7 Å². The first-order valence-corrected chi connectivity index (χ1v) is 7.88. The van der Waals surface area contributed by atoms with Gasteiger partial charge in [0.2, 0.25) is 15.5 Å². The molecular formula is C12H21N3O3S. The number of pyridine rings is 1. The van der Waals surface area contributed by atoms with Crippen LogP contribution in [0.1, 0.15) is 20.3 Å². The maximum absolute atomic E-state index is 11.9. The Labute approximate surface area is 113 Å². The minimum absolute atomic E-state index is 0.242. The summed E-state index contributed by atoms with van der Waals surface area (Å²) in [5.74, 6) is 0. The van der Waals surface area contributed by atoms with Gasteiger partial charge in [-0.15, -0.1) is 0 Å². The largest absolute Gasteiger partial charge is 0.366 e. The van der Waals surface area contributed by atoms with Crippen LogP contribution >= 0.6 is 0 Å². The lowest BCUT2D eigenvalue weighted by molar-refractivity contribution is 0.293. The Morgan fingerprint density at radius 1 is 1.32 bits per heavy atom. The Morgan fingerprint density at radius 2 is 2.05 bits per heavy atom. The zero-order valence-electron chi connectivity index (χ0n) is 11.3. The highest BCUT2D eigenvalue weighted by molar-refractivity contribution is 7.89. The van der Waals surface area contributed by atoms with Crippen LogP contribution in [0, 0.1) is 0 Å². The number of rotatable bonds is 8. The van der Waals surface area contributed by atoms with E-state index in [1.165, 1.54) is 18.5 Å². The molecule has 0 bridgehead atoms. The first kappa shape index (κ1) is 15.9. The molecule has 2 N–H and O–H groups in total. The highest BCUT2D eigenvalue weighted by Crippen LogP contribution is 1.99. The Bertz CT molecular complexity index is 539. The molecule has 1 rings (SSSR count). The van der Waals surface area contributed by atoms with Crippen LogP contribution in [0.25, 0.3) is 0 Å². The van der Waals surface area contributed by atoms with Crippen LogP contribution < -0.4 is 10.2 Å². The van der Waals surface area contributed by atoms with Crippen molar-refractivity contribution < 1.29 is 8.42 Å². The van der Waals surface area contributed by atoms with E-state index in [-0.39, 0.29) is 4.90 Å². The highest BCUT2D eigenvalue weighted by Gasteiger charge is 2.17. The first-order valence-electron chi connectivity index (χ1n) is 6.40. The molecule has 19 heavy (non-hydrogen) atoms. The van der Waals surface area contributed by atoms with E-state index >= 15 is 0 Å². The summed E-state index contributed by atoms with van der Waals surface area (Å²) in [4.78, 5) is 16.0. The van der Waals surface area contributed by atoms with Crippen LogP contribution in [0.4, 0.5) is 0 Å². The van der Waals surface area contributed by atoms with Crippen LogP contribution in [-0.2, 0) is 10.0 Å². The summed E-state index contributed by atoms with van der Waals surface area (Å²) in [5, 5.41) is 0. The summed E-state index contributed by atoms with van der Waals surface area (Å²) in [6, 6.07) is 1.20. The molecule has 1 heterocycles. The summed E-state index contributed by atoms with van der Waals surface area (Å²) >= 11 is 0. The molecule has 1 aromatic heterocycles. The van der Waals surface area contributed by atoms with Gasteiger partial charge in [-0.1, -0.05) is 13.8 Å². The van der Waals surface area contributed by atoms with Gasteiger partial charge in [-0.25, -0.2) is 13.1 Å². The Kier molecular flexibility index (Phi) is 6.20. The van der Waals surface area contributed by atoms with Crippen molar-refractivity contribution in [2.75, 3.05) is 26.2 Å². The topological polar surface area (TPSA) is 82.3 Å². The van der Waals surface area contributed by atoms with Crippen molar-refractivity contribution in [2.24, 2.45) is 0 Å². The molecule has 0 aliphatic carbocycles. The molecule has 6 nitrogen and oxygen atoms in total. The van der Waals surface area contributed by atoms with Gasteiger partial charge in [0.25, 0.3) is 0 Å². The van der Waals surface area contributed by atoms with Crippen molar-refractivity contribution in [3.8, 4) is 0 Å². The molecule has 0 atom stereocenters. The second-order valence-electron chi connectivity index (χ2n) is 4.20. The minimum atomic E-state index is -3.73. The molecular weight excluding hydrogens is 266 g/mol. The van der Waals surface area contributed by atoms with E-state index in [1.807, 2.05) is 6.92 Å².